The molecular formula is C21H26N2O3. The summed E-state index contributed by atoms with van der Waals surface area (Å²) in [6.45, 7) is 6.71. The van der Waals surface area contributed by atoms with Crippen molar-refractivity contribution in [2.24, 2.45) is 0 Å². The molecule has 2 unspecified atom stereocenters. The molecule has 0 saturated carbocycles. The molecule has 1 fully saturated rings. The summed E-state index contributed by atoms with van der Waals surface area (Å²) in [7, 11) is 1.67. The molecule has 0 amide bonds. The Kier molecular flexibility index (Phi) is 5.45. The first-order valence-electron chi connectivity index (χ1n) is 9.06. The van der Waals surface area contributed by atoms with Crippen LogP contribution in [-0.2, 0) is 4.74 Å². The highest BCUT2D eigenvalue weighted by Crippen LogP contribution is 2.36. The van der Waals surface area contributed by atoms with Gasteiger partial charge in [0.2, 0.25) is 0 Å². The molecule has 3 rings (SSSR count). The number of methoxy groups -OCH3 is 1. The fraction of sp³-hybridized carbons (Fsp3) is 0.429. The Labute approximate surface area is 155 Å². The van der Waals surface area contributed by atoms with Crippen LogP contribution in [0.25, 0.3) is 0 Å². The van der Waals surface area contributed by atoms with E-state index in [1.54, 1.807) is 25.4 Å². The third-order valence-electron chi connectivity index (χ3n) is 4.78. The maximum atomic E-state index is 12.5. The van der Waals surface area contributed by atoms with Crippen LogP contribution in [0.2, 0.25) is 0 Å². The average molecular weight is 354 g/mol. The van der Waals surface area contributed by atoms with Crippen LogP contribution in [0.15, 0.2) is 42.6 Å². The van der Waals surface area contributed by atoms with E-state index in [1.807, 2.05) is 26.0 Å². The molecule has 0 bridgehead atoms. The van der Waals surface area contributed by atoms with E-state index in [9.17, 15) is 4.79 Å². The van der Waals surface area contributed by atoms with Gasteiger partial charge in [0.05, 0.1) is 13.2 Å². The van der Waals surface area contributed by atoms with Crippen molar-refractivity contribution >= 4 is 11.8 Å². The summed E-state index contributed by atoms with van der Waals surface area (Å²) in [4.78, 5) is 19.2. The van der Waals surface area contributed by atoms with Gasteiger partial charge in [-0.3, -0.25) is 0 Å². The molecule has 0 aliphatic carbocycles. The van der Waals surface area contributed by atoms with Gasteiger partial charge in [0.25, 0.3) is 0 Å². The Morgan fingerprint density at radius 2 is 1.96 bits per heavy atom. The zero-order valence-corrected chi connectivity index (χ0v) is 15.8. The number of aromatic nitrogens is 1. The van der Waals surface area contributed by atoms with Crippen molar-refractivity contribution < 1.29 is 14.3 Å². The van der Waals surface area contributed by atoms with Crippen molar-refractivity contribution in [1.29, 1.82) is 0 Å². The van der Waals surface area contributed by atoms with Gasteiger partial charge in [0, 0.05) is 24.7 Å². The van der Waals surface area contributed by atoms with Crippen LogP contribution in [0.5, 0.6) is 5.75 Å². The second-order valence-corrected chi connectivity index (χ2v) is 7.04. The highest BCUT2D eigenvalue weighted by Gasteiger charge is 2.33. The summed E-state index contributed by atoms with van der Waals surface area (Å²) in [5, 5.41) is 0. The van der Waals surface area contributed by atoms with E-state index in [0.717, 1.165) is 18.7 Å². The zero-order chi connectivity index (χ0) is 18.7. The number of carbonyl (C=O) groups excluding carboxylic acids is 1. The number of anilines is 1. The van der Waals surface area contributed by atoms with Gasteiger partial charge in [-0.2, -0.15) is 0 Å². The van der Waals surface area contributed by atoms with Crippen LogP contribution in [0.4, 0.5) is 5.82 Å². The van der Waals surface area contributed by atoms with Crippen LogP contribution in [-0.4, -0.2) is 36.8 Å². The van der Waals surface area contributed by atoms with E-state index < -0.39 is 0 Å². The molecule has 1 aliphatic heterocycles. The number of rotatable bonds is 5. The molecule has 1 aliphatic rings. The molecule has 0 radical (unpaired) electrons. The van der Waals surface area contributed by atoms with Gasteiger partial charge in [0.15, 0.2) is 0 Å². The average Bonchev–Trinajstić information content (AvgIpc) is 3.03. The number of hydrogen-bond donors (Lipinski definition) is 0. The van der Waals surface area contributed by atoms with Crippen molar-refractivity contribution in [3.05, 3.63) is 53.7 Å². The molecule has 0 N–H and O–H groups in total. The molecule has 5 heteroatoms. The number of pyridine rings is 1. The van der Waals surface area contributed by atoms with Gasteiger partial charge < -0.3 is 14.4 Å². The fourth-order valence-corrected chi connectivity index (χ4v) is 3.51. The van der Waals surface area contributed by atoms with Gasteiger partial charge in [-0.1, -0.05) is 12.1 Å². The molecule has 2 heterocycles. The summed E-state index contributed by atoms with van der Waals surface area (Å²) >= 11 is 0. The third-order valence-corrected chi connectivity index (χ3v) is 4.78. The maximum absolute atomic E-state index is 12.5. The lowest BCUT2D eigenvalue weighted by atomic mass is 9.97. The van der Waals surface area contributed by atoms with Gasteiger partial charge in [-0.05, 0) is 57.0 Å². The SMILES string of the molecule is COc1ccc(C2CC(C)N(c3ncccc3C(=O)OC(C)C)C2)cc1. The summed E-state index contributed by atoms with van der Waals surface area (Å²) < 4.78 is 10.6. The molecule has 26 heavy (non-hydrogen) atoms. The van der Waals surface area contributed by atoms with E-state index in [-0.39, 0.29) is 12.1 Å². The van der Waals surface area contributed by atoms with Crippen LogP contribution in [0, 0.1) is 0 Å². The van der Waals surface area contributed by atoms with Gasteiger partial charge in [-0.15, -0.1) is 0 Å². The quantitative estimate of drug-likeness (QED) is 0.759. The van der Waals surface area contributed by atoms with Crippen molar-refractivity contribution in [2.75, 3.05) is 18.6 Å². The molecule has 0 spiro atoms. The lowest BCUT2D eigenvalue weighted by Gasteiger charge is -2.24. The third kappa shape index (κ3) is 3.82. The van der Waals surface area contributed by atoms with E-state index in [4.69, 9.17) is 9.47 Å². The topological polar surface area (TPSA) is 51.7 Å². The van der Waals surface area contributed by atoms with Crippen LogP contribution >= 0.6 is 0 Å². The molecule has 1 aromatic carbocycles. The molecule has 1 aromatic heterocycles. The minimum Gasteiger partial charge on any atom is -0.497 e. The second-order valence-electron chi connectivity index (χ2n) is 7.04. The van der Waals surface area contributed by atoms with Crippen molar-refractivity contribution in [1.82, 2.24) is 4.98 Å². The van der Waals surface area contributed by atoms with Gasteiger partial charge >= 0.3 is 5.97 Å². The standard InChI is InChI=1S/C21H26N2O3/c1-14(2)26-21(24)19-6-5-11-22-20(19)23-13-17(12-15(23)3)16-7-9-18(25-4)10-8-16/h5-11,14-15,17H,12-13H2,1-4H3. The molecular weight excluding hydrogens is 328 g/mol. The lowest BCUT2D eigenvalue weighted by Crippen LogP contribution is -2.30. The molecule has 5 nitrogen and oxygen atoms in total. The predicted molar refractivity (Wildman–Crippen MR) is 102 cm³/mol. The maximum Gasteiger partial charge on any atom is 0.342 e. The Morgan fingerprint density at radius 3 is 2.62 bits per heavy atom. The molecule has 2 atom stereocenters. The Hall–Kier alpha value is -2.56. The smallest absolute Gasteiger partial charge is 0.342 e. The normalized spacial score (nSPS) is 19.7. The van der Waals surface area contributed by atoms with E-state index >= 15 is 0 Å². The summed E-state index contributed by atoms with van der Waals surface area (Å²) in [5.41, 5.74) is 1.81. The van der Waals surface area contributed by atoms with Crippen molar-refractivity contribution in [3.63, 3.8) is 0 Å². The van der Waals surface area contributed by atoms with Crippen LogP contribution in [0.3, 0.4) is 0 Å². The highest BCUT2D eigenvalue weighted by molar-refractivity contribution is 5.95. The highest BCUT2D eigenvalue weighted by atomic mass is 16.5. The summed E-state index contributed by atoms with van der Waals surface area (Å²) in [6.07, 6.45) is 2.59. The summed E-state index contributed by atoms with van der Waals surface area (Å²) in [5.74, 6) is 1.65. The number of hydrogen-bond acceptors (Lipinski definition) is 5. The first-order valence-corrected chi connectivity index (χ1v) is 9.06. The largest absolute Gasteiger partial charge is 0.497 e. The number of nitrogens with zero attached hydrogens (tertiary/aromatic N) is 2. The Balaban J connectivity index is 1.83. The monoisotopic (exact) mass is 354 g/mol. The van der Waals surface area contributed by atoms with Gasteiger partial charge in [-0.25, -0.2) is 9.78 Å². The number of ether oxygens (including phenoxy) is 2. The van der Waals surface area contributed by atoms with Crippen molar-refractivity contribution in [3.8, 4) is 5.75 Å². The van der Waals surface area contributed by atoms with Crippen LogP contribution in [0.1, 0.15) is 49.0 Å². The van der Waals surface area contributed by atoms with E-state index in [0.29, 0.717) is 23.3 Å². The van der Waals surface area contributed by atoms with E-state index in [2.05, 4.69) is 28.9 Å². The first-order chi connectivity index (χ1) is 12.5. The number of esters is 1. The van der Waals surface area contributed by atoms with Gasteiger partial charge in [0.1, 0.15) is 17.1 Å². The Bertz CT molecular complexity index is 758. The minimum absolute atomic E-state index is 0.154. The second kappa shape index (κ2) is 7.77. The van der Waals surface area contributed by atoms with Crippen molar-refractivity contribution in [2.45, 2.75) is 45.3 Å². The minimum atomic E-state index is -0.316. The Morgan fingerprint density at radius 1 is 1.23 bits per heavy atom. The number of benzene rings is 1. The lowest BCUT2D eigenvalue weighted by molar-refractivity contribution is 0.0378. The van der Waals surface area contributed by atoms with E-state index in [1.165, 1.54) is 5.56 Å². The fourth-order valence-electron chi connectivity index (χ4n) is 3.51. The number of carbonyl (C=O) groups is 1. The zero-order valence-electron chi connectivity index (χ0n) is 15.8. The first kappa shape index (κ1) is 18.2. The van der Waals surface area contributed by atoms with Crippen LogP contribution < -0.4 is 9.64 Å². The molecule has 1 saturated heterocycles. The summed E-state index contributed by atoms with van der Waals surface area (Å²) in [6, 6.07) is 12.1. The molecule has 2 aromatic rings. The molecule has 138 valence electrons. The predicted octanol–water partition coefficient (Wildman–Crippen LogP) is 4.04.